The van der Waals surface area contributed by atoms with Gasteiger partial charge in [-0.25, -0.2) is 4.79 Å². The van der Waals surface area contributed by atoms with Crippen molar-refractivity contribution in [2.75, 3.05) is 14.1 Å². The maximum Gasteiger partial charge on any atom is 0.412 e. The summed E-state index contributed by atoms with van der Waals surface area (Å²) < 4.78 is 6.74. The lowest BCUT2D eigenvalue weighted by Gasteiger charge is -2.37. The number of hydrogen-bond acceptors (Lipinski definition) is 4. The topological polar surface area (TPSA) is 41.6 Å². The van der Waals surface area contributed by atoms with E-state index in [0.717, 1.165) is 35.8 Å². The maximum atomic E-state index is 12.4. The minimum atomic E-state index is -0.343. The highest BCUT2D eigenvalue weighted by atomic mass is 32.1. The van der Waals surface area contributed by atoms with Crippen LogP contribution in [-0.2, 0) is 0 Å². The van der Waals surface area contributed by atoms with Crippen LogP contribution in [0.1, 0.15) is 37.3 Å². The number of carbonyl (C=O) groups is 1. The monoisotopic (exact) mass is 408 g/mol. The van der Waals surface area contributed by atoms with E-state index in [-0.39, 0.29) is 12.1 Å². The van der Waals surface area contributed by atoms with Gasteiger partial charge in [-0.1, -0.05) is 42.5 Å². The van der Waals surface area contributed by atoms with Gasteiger partial charge in [-0.05, 0) is 63.4 Å². The van der Waals surface area contributed by atoms with Crippen LogP contribution in [0.25, 0.3) is 10.1 Å². The van der Waals surface area contributed by atoms with Crippen LogP contribution >= 0.6 is 11.3 Å². The molecule has 1 fully saturated rings. The molecule has 1 unspecified atom stereocenters. The Bertz CT molecular complexity index is 946. The lowest BCUT2D eigenvalue weighted by Crippen LogP contribution is -2.41. The van der Waals surface area contributed by atoms with Gasteiger partial charge in [0.05, 0.1) is 0 Å². The number of rotatable bonds is 5. The Morgan fingerprint density at radius 3 is 2.45 bits per heavy atom. The molecular formula is C24H28N2O2S. The van der Waals surface area contributed by atoms with Crippen LogP contribution in [0.4, 0.5) is 4.79 Å². The molecule has 3 aromatic rings. The molecule has 4 nitrogen and oxygen atoms in total. The quantitative estimate of drug-likeness (QED) is 0.576. The molecule has 152 valence electrons. The first-order valence-electron chi connectivity index (χ1n) is 10.3. The van der Waals surface area contributed by atoms with Crippen LogP contribution in [0.3, 0.4) is 0 Å². The predicted molar refractivity (Wildman–Crippen MR) is 120 cm³/mol. The van der Waals surface area contributed by atoms with Crippen molar-refractivity contribution in [3.8, 4) is 5.75 Å². The molecule has 0 aliphatic heterocycles. The summed E-state index contributed by atoms with van der Waals surface area (Å²) in [6.45, 7) is 0. The van der Waals surface area contributed by atoms with Gasteiger partial charge >= 0.3 is 6.09 Å². The highest BCUT2D eigenvalue weighted by molar-refractivity contribution is 7.17. The van der Waals surface area contributed by atoms with Gasteiger partial charge in [-0.3, -0.25) is 0 Å². The molecule has 5 heteroatoms. The fourth-order valence-corrected chi connectivity index (χ4v) is 5.41. The minimum absolute atomic E-state index is 0.183. The van der Waals surface area contributed by atoms with Crippen LogP contribution < -0.4 is 10.1 Å². The van der Waals surface area contributed by atoms with Crippen LogP contribution in [0.2, 0.25) is 0 Å². The Morgan fingerprint density at radius 1 is 1.03 bits per heavy atom. The van der Waals surface area contributed by atoms with E-state index in [2.05, 4.69) is 54.6 Å². The van der Waals surface area contributed by atoms with Gasteiger partial charge in [0.15, 0.2) is 5.75 Å². The summed E-state index contributed by atoms with van der Waals surface area (Å²) in [5.41, 5.74) is 1.37. The zero-order chi connectivity index (χ0) is 20.2. The molecule has 1 saturated carbocycles. The Kier molecular flexibility index (Phi) is 6.16. The van der Waals surface area contributed by atoms with Gasteiger partial charge in [0.1, 0.15) is 0 Å². The summed E-state index contributed by atoms with van der Waals surface area (Å²) in [6, 6.07) is 19.3. The van der Waals surface area contributed by atoms with Crippen molar-refractivity contribution in [3.05, 3.63) is 65.5 Å². The molecular weight excluding hydrogens is 380 g/mol. The molecule has 0 spiro atoms. The zero-order valence-electron chi connectivity index (χ0n) is 17.0. The van der Waals surface area contributed by atoms with Crippen LogP contribution in [0, 0.1) is 5.92 Å². The fraction of sp³-hybridized carbons (Fsp3) is 0.375. The number of hydrogen-bond donors (Lipinski definition) is 1. The molecule has 1 amide bonds. The summed E-state index contributed by atoms with van der Waals surface area (Å²) in [7, 11) is 4.31. The molecule has 1 heterocycles. The average Bonchev–Trinajstić information content (AvgIpc) is 3.13. The standard InChI is InChI=1S/C24H28N2O2S/c1-26(2)23(17-8-4-3-5-9-17)18-12-14-19(15-13-18)25-24(27)28-21-16-29-22-11-7-6-10-20(21)22/h3-11,16,18-19,23H,12-15H2,1-2H3,(H,25,27). The van der Waals surface area contributed by atoms with Gasteiger partial charge in [-0.2, -0.15) is 0 Å². The molecule has 1 aliphatic carbocycles. The third-order valence-corrected chi connectivity index (χ3v) is 6.83. The van der Waals surface area contributed by atoms with E-state index in [0.29, 0.717) is 17.7 Å². The van der Waals surface area contributed by atoms with E-state index in [1.807, 2.05) is 29.6 Å². The van der Waals surface area contributed by atoms with E-state index in [1.54, 1.807) is 11.3 Å². The summed E-state index contributed by atoms with van der Waals surface area (Å²) in [5.74, 6) is 1.25. The summed E-state index contributed by atoms with van der Waals surface area (Å²) in [4.78, 5) is 14.8. The van der Waals surface area contributed by atoms with Crippen LogP contribution in [-0.4, -0.2) is 31.1 Å². The molecule has 29 heavy (non-hydrogen) atoms. The molecule has 1 N–H and O–H groups in total. The maximum absolute atomic E-state index is 12.4. The number of nitrogens with one attached hydrogen (secondary N) is 1. The smallest absolute Gasteiger partial charge is 0.409 e. The molecule has 2 aromatic carbocycles. The highest BCUT2D eigenvalue weighted by Gasteiger charge is 2.30. The minimum Gasteiger partial charge on any atom is -0.409 e. The predicted octanol–water partition coefficient (Wildman–Crippen LogP) is 5.85. The lowest BCUT2D eigenvalue weighted by atomic mass is 9.79. The van der Waals surface area contributed by atoms with Crippen molar-refractivity contribution in [3.63, 3.8) is 0 Å². The second-order valence-electron chi connectivity index (χ2n) is 8.06. The summed E-state index contributed by atoms with van der Waals surface area (Å²) in [6.07, 6.45) is 3.83. The van der Waals surface area contributed by atoms with Crippen LogP contribution in [0.15, 0.2) is 60.0 Å². The second-order valence-corrected chi connectivity index (χ2v) is 8.97. The van der Waals surface area contributed by atoms with Gasteiger partial charge in [0, 0.05) is 27.5 Å². The van der Waals surface area contributed by atoms with Crippen molar-refractivity contribution in [2.45, 2.75) is 37.8 Å². The lowest BCUT2D eigenvalue weighted by molar-refractivity contribution is 0.151. The normalized spacial score (nSPS) is 20.5. The fourth-order valence-electron chi connectivity index (χ4n) is 4.55. The largest absolute Gasteiger partial charge is 0.412 e. The Morgan fingerprint density at radius 2 is 1.72 bits per heavy atom. The Hall–Kier alpha value is -2.37. The Balaban J connectivity index is 1.33. The van der Waals surface area contributed by atoms with E-state index in [9.17, 15) is 4.79 Å². The van der Waals surface area contributed by atoms with E-state index < -0.39 is 0 Å². The first-order chi connectivity index (χ1) is 14.1. The molecule has 0 saturated heterocycles. The third kappa shape index (κ3) is 4.62. The van der Waals surface area contributed by atoms with Crippen molar-refractivity contribution in [1.82, 2.24) is 10.2 Å². The summed E-state index contributed by atoms with van der Waals surface area (Å²) >= 11 is 1.60. The zero-order valence-corrected chi connectivity index (χ0v) is 17.8. The molecule has 1 atom stereocenters. The molecule has 0 radical (unpaired) electrons. The van der Waals surface area contributed by atoms with E-state index in [1.165, 1.54) is 5.56 Å². The van der Waals surface area contributed by atoms with Crippen molar-refractivity contribution in [1.29, 1.82) is 0 Å². The van der Waals surface area contributed by atoms with Crippen molar-refractivity contribution < 1.29 is 9.53 Å². The van der Waals surface area contributed by atoms with E-state index >= 15 is 0 Å². The van der Waals surface area contributed by atoms with Crippen LogP contribution in [0.5, 0.6) is 5.75 Å². The number of carbonyl (C=O) groups excluding carboxylic acids is 1. The van der Waals surface area contributed by atoms with E-state index in [4.69, 9.17) is 4.74 Å². The highest BCUT2D eigenvalue weighted by Crippen LogP contribution is 2.37. The molecule has 0 bridgehead atoms. The number of benzene rings is 2. The first-order valence-corrected chi connectivity index (χ1v) is 11.2. The molecule has 1 aliphatic rings. The second kappa shape index (κ2) is 8.97. The van der Waals surface area contributed by atoms with Crippen molar-refractivity contribution >= 4 is 27.5 Å². The number of ether oxygens (including phenoxy) is 1. The first kappa shape index (κ1) is 19.9. The molecule has 4 rings (SSSR count). The average molecular weight is 409 g/mol. The van der Waals surface area contributed by atoms with Crippen molar-refractivity contribution in [2.24, 2.45) is 5.92 Å². The number of nitrogens with zero attached hydrogens (tertiary/aromatic N) is 1. The van der Waals surface area contributed by atoms with Gasteiger partial charge in [-0.15, -0.1) is 11.3 Å². The summed E-state index contributed by atoms with van der Waals surface area (Å²) in [5, 5.41) is 5.98. The third-order valence-electron chi connectivity index (χ3n) is 5.89. The number of fused-ring (bicyclic) bond motifs is 1. The molecule has 1 aromatic heterocycles. The van der Waals surface area contributed by atoms with Gasteiger partial charge < -0.3 is 15.0 Å². The number of amides is 1. The Labute approximate surface area is 176 Å². The number of thiophene rings is 1. The SMILES string of the molecule is CN(C)C(c1ccccc1)C1CCC(NC(=O)Oc2csc3ccccc23)CC1. The van der Waals surface area contributed by atoms with Gasteiger partial charge in [0.2, 0.25) is 0 Å². The van der Waals surface area contributed by atoms with Gasteiger partial charge in [0.25, 0.3) is 0 Å².